The van der Waals surface area contributed by atoms with Crippen LogP contribution in [0.1, 0.15) is 19.5 Å². The van der Waals surface area contributed by atoms with Crippen molar-refractivity contribution in [3.63, 3.8) is 0 Å². The highest BCUT2D eigenvalue weighted by Crippen LogP contribution is 2.25. The van der Waals surface area contributed by atoms with Gasteiger partial charge in [-0.05, 0) is 18.8 Å². The maximum atomic E-state index is 4.34. The number of rotatable bonds is 1. The zero-order valence-electron chi connectivity index (χ0n) is 8.54. The lowest BCUT2D eigenvalue weighted by Crippen LogP contribution is -2.20. The summed E-state index contributed by atoms with van der Waals surface area (Å²) in [5.74, 6) is 2.60. The van der Waals surface area contributed by atoms with Crippen molar-refractivity contribution in [3.8, 4) is 0 Å². The van der Waals surface area contributed by atoms with Crippen LogP contribution >= 0.6 is 0 Å². The number of aryl methyl sites for hydroxylation is 1. The SMILES string of the molecule is Cc1cnc(N2CC(C)C(C)C2)[nH]1. The molecule has 2 heterocycles. The number of hydrogen-bond acceptors (Lipinski definition) is 2. The van der Waals surface area contributed by atoms with Crippen molar-refractivity contribution in [1.82, 2.24) is 9.97 Å². The summed E-state index contributed by atoms with van der Waals surface area (Å²) in [5, 5.41) is 0. The van der Waals surface area contributed by atoms with E-state index in [1.54, 1.807) is 0 Å². The molecule has 1 N–H and O–H groups in total. The Bertz CT molecular complexity index is 282. The zero-order valence-corrected chi connectivity index (χ0v) is 8.54. The van der Waals surface area contributed by atoms with Crippen molar-refractivity contribution < 1.29 is 0 Å². The fourth-order valence-corrected chi connectivity index (χ4v) is 1.86. The molecule has 0 bridgehead atoms. The van der Waals surface area contributed by atoms with E-state index in [0.29, 0.717) is 0 Å². The fourth-order valence-electron chi connectivity index (χ4n) is 1.86. The van der Waals surface area contributed by atoms with Gasteiger partial charge in [-0.3, -0.25) is 0 Å². The van der Waals surface area contributed by atoms with E-state index in [1.165, 1.54) is 0 Å². The lowest BCUT2D eigenvalue weighted by molar-refractivity contribution is 0.494. The molecule has 0 amide bonds. The lowest BCUT2D eigenvalue weighted by Gasteiger charge is -2.13. The average Bonchev–Trinajstić information content (AvgIpc) is 2.61. The van der Waals surface area contributed by atoms with Crippen LogP contribution in [0.15, 0.2) is 6.20 Å². The van der Waals surface area contributed by atoms with Gasteiger partial charge < -0.3 is 9.88 Å². The van der Waals surface area contributed by atoms with Gasteiger partial charge in [-0.1, -0.05) is 13.8 Å². The highest BCUT2D eigenvalue weighted by molar-refractivity contribution is 5.33. The Labute approximate surface area is 79.2 Å². The Morgan fingerprint density at radius 1 is 1.38 bits per heavy atom. The molecule has 3 heteroatoms. The average molecular weight is 179 g/mol. The minimum Gasteiger partial charge on any atom is -0.342 e. The van der Waals surface area contributed by atoms with E-state index in [1.807, 2.05) is 13.1 Å². The summed E-state index contributed by atoms with van der Waals surface area (Å²) in [5.41, 5.74) is 1.14. The Morgan fingerprint density at radius 3 is 2.46 bits per heavy atom. The molecule has 3 nitrogen and oxygen atoms in total. The molecule has 2 rings (SSSR count). The van der Waals surface area contributed by atoms with Gasteiger partial charge in [-0.2, -0.15) is 0 Å². The van der Waals surface area contributed by atoms with Crippen LogP contribution in [-0.2, 0) is 0 Å². The van der Waals surface area contributed by atoms with Crippen LogP contribution < -0.4 is 4.90 Å². The summed E-state index contributed by atoms with van der Waals surface area (Å²) < 4.78 is 0. The van der Waals surface area contributed by atoms with Gasteiger partial charge in [0, 0.05) is 25.0 Å². The molecule has 1 aromatic heterocycles. The summed E-state index contributed by atoms with van der Waals surface area (Å²) >= 11 is 0. The largest absolute Gasteiger partial charge is 0.342 e. The molecule has 13 heavy (non-hydrogen) atoms. The number of nitrogens with zero attached hydrogens (tertiary/aromatic N) is 2. The van der Waals surface area contributed by atoms with Crippen LogP contribution in [0.5, 0.6) is 0 Å². The minimum atomic E-state index is 0.783. The van der Waals surface area contributed by atoms with Gasteiger partial charge in [0.1, 0.15) is 0 Å². The van der Waals surface area contributed by atoms with Crippen molar-refractivity contribution in [1.29, 1.82) is 0 Å². The van der Waals surface area contributed by atoms with E-state index in [2.05, 4.69) is 28.7 Å². The van der Waals surface area contributed by atoms with Crippen LogP contribution in [0, 0.1) is 18.8 Å². The lowest BCUT2D eigenvalue weighted by atomic mass is 10.0. The normalized spacial score (nSPS) is 28.4. The highest BCUT2D eigenvalue weighted by atomic mass is 15.3. The van der Waals surface area contributed by atoms with Crippen molar-refractivity contribution in [2.45, 2.75) is 20.8 Å². The quantitative estimate of drug-likeness (QED) is 0.713. The van der Waals surface area contributed by atoms with Gasteiger partial charge in [0.25, 0.3) is 0 Å². The fraction of sp³-hybridized carbons (Fsp3) is 0.700. The molecule has 0 aliphatic carbocycles. The summed E-state index contributed by atoms with van der Waals surface area (Å²) in [6, 6.07) is 0. The molecule has 1 saturated heterocycles. The van der Waals surface area contributed by atoms with Gasteiger partial charge in [0.15, 0.2) is 0 Å². The monoisotopic (exact) mass is 179 g/mol. The Morgan fingerprint density at radius 2 is 2.00 bits per heavy atom. The molecule has 2 atom stereocenters. The number of H-pyrrole nitrogens is 1. The van der Waals surface area contributed by atoms with Gasteiger partial charge in [-0.15, -0.1) is 0 Å². The van der Waals surface area contributed by atoms with Gasteiger partial charge in [0.2, 0.25) is 5.95 Å². The second kappa shape index (κ2) is 3.05. The third-order valence-electron chi connectivity index (χ3n) is 2.98. The maximum Gasteiger partial charge on any atom is 0.202 e. The van der Waals surface area contributed by atoms with Gasteiger partial charge in [-0.25, -0.2) is 4.98 Å². The Balaban J connectivity index is 2.11. The summed E-state index contributed by atoms with van der Waals surface area (Å²) in [6.45, 7) is 8.92. The standard InChI is InChI=1S/C10H17N3/c1-7-5-13(6-8(7)2)10-11-4-9(3)12-10/h4,7-8H,5-6H2,1-3H3,(H,11,12). The molecule has 1 aromatic rings. The Hall–Kier alpha value is -0.990. The predicted molar refractivity (Wildman–Crippen MR) is 53.9 cm³/mol. The van der Waals surface area contributed by atoms with Crippen LogP contribution in [0.4, 0.5) is 5.95 Å². The molecule has 0 radical (unpaired) electrons. The highest BCUT2D eigenvalue weighted by Gasteiger charge is 2.27. The van der Waals surface area contributed by atoms with E-state index in [0.717, 1.165) is 36.6 Å². The van der Waals surface area contributed by atoms with E-state index < -0.39 is 0 Å². The first-order valence-corrected chi connectivity index (χ1v) is 4.93. The van der Waals surface area contributed by atoms with E-state index >= 15 is 0 Å². The minimum absolute atomic E-state index is 0.783. The Kier molecular flexibility index (Phi) is 2.02. The molecule has 0 spiro atoms. The molecular formula is C10H17N3. The van der Waals surface area contributed by atoms with Crippen molar-refractivity contribution in [3.05, 3.63) is 11.9 Å². The van der Waals surface area contributed by atoms with Crippen LogP contribution in [-0.4, -0.2) is 23.1 Å². The molecular weight excluding hydrogens is 162 g/mol. The summed E-state index contributed by atoms with van der Waals surface area (Å²) in [7, 11) is 0. The first-order chi connectivity index (χ1) is 6.16. The molecule has 1 aliphatic heterocycles. The number of hydrogen-bond donors (Lipinski definition) is 1. The topological polar surface area (TPSA) is 31.9 Å². The third kappa shape index (κ3) is 1.55. The predicted octanol–water partition coefficient (Wildman–Crippen LogP) is 1.81. The first kappa shape index (κ1) is 8.60. The molecule has 1 fully saturated rings. The number of anilines is 1. The molecule has 0 saturated carbocycles. The van der Waals surface area contributed by atoms with Crippen molar-refractivity contribution in [2.75, 3.05) is 18.0 Å². The maximum absolute atomic E-state index is 4.34. The van der Waals surface area contributed by atoms with E-state index in [4.69, 9.17) is 0 Å². The number of aromatic nitrogens is 2. The number of imidazole rings is 1. The van der Waals surface area contributed by atoms with E-state index in [-0.39, 0.29) is 0 Å². The van der Waals surface area contributed by atoms with Crippen molar-refractivity contribution >= 4 is 5.95 Å². The molecule has 2 unspecified atom stereocenters. The van der Waals surface area contributed by atoms with Crippen LogP contribution in [0.3, 0.4) is 0 Å². The second-order valence-electron chi connectivity index (χ2n) is 4.25. The van der Waals surface area contributed by atoms with Gasteiger partial charge >= 0.3 is 0 Å². The van der Waals surface area contributed by atoms with E-state index in [9.17, 15) is 0 Å². The van der Waals surface area contributed by atoms with Crippen LogP contribution in [0.25, 0.3) is 0 Å². The molecule has 1 aliphatic rings. The summed E-state index contributed by atoms with van der Waals surface area (Å²) in [4.78, 5) is 9.95. The smallest absolute Gasteiger partial charge is 0.202 e. The first-order valence-electron chi connectivity index (χ1n) is 4.93. The molecule has 0 aromatic carbocycles. The van der Waals surface area contributed by atoms with Crippen LogP contribution in [0.2, 0.25) is 0 Å². The molecule has 72 valence electrons. The zero-order chi connectivity index (χ0) is 9.42. The number of aromatic amines is 1. The number of nitrogens with one attached hydrogen (secondary N) is 1. The van der Waals surface area contributed by atoms with Gasteiger partial charge in [0.05, 0.1) is 0 Å². The summed E-state index contributed by atoms with van der Waals surface area (Å²) in [6.07, 6.45) is 1.89. The van der Waals surface area contributed by atoms with Crippen molar-refractivity contribution in [2.24, 2.45) is 11.8 Å². The second-order valence-corrected chi connectivity index (χ2v) is 4.25. The third-order valence-corrected chi connectivity index (χ3v) is 2.98.